The molecule has 0 amide bonds. The first-order chi connectivity index (χ1) is 6.86. The highest BCUT2D eigenvalue weighted by Crippen LogP contribution is 2.15. The molecule has 0 radical (unpaired) electrons. The minimum Gasteiger partial charge on any atom is -0.397 e. The van der Waals surface area contributed by atoms with Crippen molar-refractivity contribution in [1.29, 1.82) is 0 Å². The van der Waals surface area contributed by atoms with Gasteiger partial charge in [0.1, 0.15) is 5.69 Å². The fraction of sp³-hybridized carbons (Fsp3) is 0.125. The van der Waals surface area contributed by atoms with E-state index in [2.05, 4.69) is 25.7 Å². The third kappa shape index (κ3) is 1.79. The molecule has 0 aromatic carbocycles. The minimum atomic E-state index is 0.576. The maximum absolute atomic E-state index is 5.71. The van der Waals surface area contributed by atoms with Gasteiger partial charge in [-0.2, -0.15) is 15.4 Å². The number of hydrogen-bond acceptors (Lipinski definition) is 5. The van der Waals surface area contributed by atoms with Crippen LogP contribution in [0.25, 0.3) is 0 Å². The molecule has 0 saturated carbocycles. The Kier molecular flexibility index (Phi) is 2.26. The van der Waals surface area contributed by atoms with Gasteiger partial charge < -0.3 is 11.1 Å². The van der Waals surface area contributed by atoms with Gasteiger partial charge in [-0.15, -0.1) is 0 Å². The lowest BCUT2D eigenvalue weighted by atomic mass is 10.3. The maximum Gasteiger partial charge on any atom is 0.101 e. The molecular formula is C8H10N6. The van der Waals surface area contributed by atoms with Gasteiger partial charge >= 0.3 is 0 Å². The standard InChI is InChI=1S/C8H10N6/c9-7-1-2-10-5-8(7)11-3-6-4-12-14-13-6/h1-2,4-5,11H,3H2,(H2,9,10)(H,12,13,14). The molecular weight excluding hydrogens is 180 g/mol. The molecule has 0 saturated heterocycles. The average molecular weight is 190 g/mol. The van der Waals surface area contributed by atoms with Crippen molar-refractivity contribution in [3.8, 4) is 0 Å². The van der Waals surface area contributed by atoms with E-state index in [1.165, 1.54) is 0 Å². The molecule has 6 nitrogen and oxygen atoms in total. The molecule has 0 atom stereocenters. The van der Waals surface area contributed by atoms with Gasteiger partial charge in [0, 0.05) is 6.20 Å². The van der Waals surface area contributed by atoms with Crippen LogP contribution in [-0.2, 0) is 6.54 Å². The summed E-state index contributed by atoms with van der Waals surface area (Å²) in [5.74, 6) is 0. The molecule has 2 aromatic heterocycles. The van der Waals surface area contributed by atoms with Gasteiger partial charge in [-0.25, -0.2) is 0 Å². The van der Waals surface area contributed by atoms with Crippen LogP contribution in [0.4, 0.5) is 11.4 Å². The van der Waals surface area contributed by atoms with E-state index in [1.807, 2.05) is 0 Å². The Morgan fingerprint density at radius 3 is 3.07 bits per heavy atom. The number of H-pyrrole nitrogens is 1. The molecule has 72 valence electrons. The number of nitrogen functional groups attached to an aromatic ring is 1. The van der Waals surface area contributed by atoms with Crippen LogP contribution < -0.4 is 11.1 Å². The van der Waals surface area contributed by atoms with Crippen LogP contribution >= 0.6 is 0 Å². The van der Waals surface area contributed by atoms with Crippen LogP contribution in [0, 0.1) is 0 Å². The summed E-state index contributed by atoms with van der Waals surface area (Å²) in [6.45, 7) is 0.576. The Labute approximate surface area is 80.5 Å². The first kappa shape index (κ1) is 8.49. The highest BCUT2D eigenvalue weighted by atomic mass is 15.3. The van der Waals surface area contributed by atoms with Gasteiger partial charge in [-0.05, 0) is 6.07 Å². The lowest BCUT2D eigenvalue weighted by molar-refractivity contribution is 0.910. The molecule has 0 aliphatic heterocycles. The molecule has 0 aliphatic rings. The van der Waals surface area contributed by atoms with Crippen molar-refractivity contribution in [2.24, 2.45) is 0 Å². The summed E-state index contributed by atoms with van der Waals surface area (Å²) < 4.78 is 0. The normalized spacial score (nSPS) is 10.0. The molecule has 6 heteroatoms. The van der Waals surface area contributed by atoms with Crippen LogP contribution in [0.2, 0.25) is 0 Å². The Morgan fingerprint density at radius 2 is 2.36 bits per heavy atom. The van der Waals surface area contributed by atoms with Gasteiger partial charge in [-0.1, -0.05) is 0 Å². The Hall–Kier alpha value is -2.11. The number of pyridine rings is 1. The van der Waals surface area contributed by atoms with Crippen LogP contribution in [0.1, 0.15) is 5.69 Å². The molecule has 2 heterocycles. The molecule has 0 aliphatic carbocycles. The zero-order valence-electron chi connectivity index (χ0n) is 7.44. The maximum atomic E-state index is 5.71. The number of aromatic nitrogens is 4. The van der Waals surface area contributed by atoms with Crippen molar-refractivity contribution in [2.75, 3.05) is 11.1 Å². The fourth-order valence-corrected chi connectivity index (χ4v) is 1.05. The molecule has 0 fully saturated rings. The monoisotopic (exact) mass is 190 g/mol. The van der Waals surface area contributed by atoms with E-state index >= 15 is 0 Å². The molecule has 14 heavy (non-hydrogen) atoms. The predicted molar refractivity (Wildman–Crippen MR) is 52.4 cm³/mol. The summed E-state index contributed by atoms with van der Waals surface area (Å²) >= 11 is 0. The van der Waals surface area contributed by atoms with E-state index in [-0.39, 0.29) is 0 Å². The first-order valence-electron chi connectivity index (χ1n) is 4.14. The fourth-order valence-electron chi connectivity index (χ4n) is 1.05. The number of anilines is 2. The van der Waals surface area contributed by atoms with Crippen molar-refractivity contribution in [3.63, 3.8) is 0 Å². The Balaban J connectivity index is 2.02. The number of hydrogen-bond donors (Lipinski definition) is 3. The zero-order chi connectivity index (χ0) is 9.80. The third-order valence-electron chi connectivity index (χ3n) is 1.78. The van der Waals surface area contributed by atoms with Gasteiger partial charge in [0.2, 0.25) is 0 Å². The molecule has 4 N–H and O–H groups in total. The van der Waals surface area contributed by atoms with Crippen LogP contribution in [-0.4, -0.2) is 20.4 Å². The second-order valence-corrected chi connectivity index (χ2v) is 2.78. The molecule has 2 rings (SSSR count). The van der Waals surface area contributed by atoms with Crippen LogP contribution in [0.15, 0.2) is 24.7 Å². The summed E-state index contributed by atoms with van der Waals surface area (Å²) in [6.07, 6.45) is 4.98. The molecule has 2 aromatic rings. The largest absolute Gasteiger partial charge is 0.397 e. The smallest absolute Gasteiger partial charge is 0.101 e. The Bertz CT molecular complexity index is 396. The van der Waals surface area contributed by atoms with E-state index in [0.29, 0.717) is 12.2 Å². The summed E-state index contributed by atoms with van der Waals surface area (Å²) in [5, 5.41) is 13.2. The summed E-state index contributed by atoms with van der Waals surface area (Å²) in [6, 6.07) is 1.74. The van der Waals surface area contributed by atoms with Gasteiger partial charge in [0.25, 0.3) is 0 Å². The summed E-state index contributed by atoms with van der Waals surface area (Å²) in [4.78, 5) is 3.96. The number of aromatic amines is 1. The lowest BCUT2D eigenvalue weighted by Gasteiger charge is -2.05. The van der Waals surface area contributed by atoms with Crippen molar-refractivity contribution in [1.82, 2.24) is 20.4 Å². The summed E-state index contributed by atoms with van der Waals surface area (Å²) in [5.41, 5.74) is 8.01. The number of nitrogens with zero attached hydrogens (tertiary/aromatic N) is 3. The topological polar surface area (TPSA) is 92.5 Å². The number of nitrogens with one attached hydrogen (secondary N) is 2. The van der Waals surface area contributed by atoms with Crippen LogP contribution in [0.3, 0.4) is 0 Å². The van der Waals surface area contributed by atoms with E-state index in [4.69, 9.17) is 5.73 Å². The SMILES string of the molecule is Nc1ccncc1NCc1cn[nH]n1. The summed E-state index contributed by atoms with van der Waals surface area (Å²) in [7, 11) is 0. The predicted octanol–water partition coefficient (Wildman–Crippen LogP) is 0.394. The number of nitrogens with two attached hydrogens (primary N) is 1. The lowest BCUT2D eigenvalue weighted by Crippen LogP contribution is -2.03. The van der Waals surface area contributed by atoms with Gasteiger partial charge in [0.05, 0.1) is 30.3 Å². The molecule has 0 unspecified atom stereocenters. The molecule has 0 spiro atoms. The van der Waals surface area contributed by atoms with Crippen molar-refractivity contribution in [3.05, 3.63) is 30.4 Å². The van der Waals surface area contributed by atoms with Gasteiger partial charge in [-0.3, -0.25) is 4.98 Å². The second-order valence-electron chi connectivity index (χ2n) is 2.78. The van der Waals surface area contributed by atoms with Crippen molar-refractivity contribution < 1.29 is 0 Å². The first-order valence-corrected chi connectivity index (χ1v) is 4.14. The van der Waals surface area contributed by atoms with E-state index in [1.54, 1.807) is 24.7 Å². The second kappa shape index (κ2) is 3.73. The van der Waals surface area contributed by atoms with Gasteiger partial charge in [0.15, 0.2) is 0 Å². The van der Waals surface area contributed by atoms with E-state index < -0.39 is 0 Å². The van der Waals surface area contributed by atoms with Crippen LogP contribution in [0.5, 0.6) is 0 Å². The third-order valence-corrected chi connectivity index (χ3v) is 1.78. The minimum absolute atomic E-state index is 0.576. The zero-order valence-corrected chi connectivity index (χ0v) is 7.44. The highest BCUT2D eigenvalue weighted by molar-refractivity contribution is 5.63. The highest BCUT2D eigenvalue weighted by Gasteiger charge is 1.99. The average Bonchev–Trinajstić information content (AvgIpc) is 2.69. The van der Waals surface area contributed by atoms with Crippen molar-refractivity contribution >= 4 is 11.4 Å². The molecule has 0 bridgehead atoms. The number of rotatable bonds is 3. The van der Waals surface area contributed by atoms with E-state index in [0.717, 1.165) is 11.4 Å². The van der Waals surface area contributed by atoms with E-state index in [9.17, 15) is 0 Å². The van der Waals surface area contributed by atoms with Crippen molar-refractivity contribution in [2.45, 2.75) is 6.54 Å². The quantitative estimate of drug-likeness (QED) is 0.651. The Morgan fingerprint density at radius 1 is 1.43 bits per heavy atom.